The normalized spacial score (nSPS) is 11.2. The average Bonchev–Trinajstić information content (AvgIpc) is 2.98. The Morgan fingerprint density at radius 1 is 1.11 bits per heavy atom. The molecule has 0 radical (unpaired) electrons. The van der Waals surface area contributed by atoms with Gasteiger partial charge in [0.05, 0.1) is 18.6 Å². The minimum absolute atomic E-state index is 0.0208. The number of halogens is 1. The second-order valence-electron chi connectivity index (χ2n) is 5.56. The van der Waals surface area contributed by atoms with Crippen LogP contribution in [0.5, 0.6) is 17.2 Å². The largest absolute Gasteiger partial charge is 0.494 e. The summed E-state index contributed by atoms with van der Waals surface area (Å²) in [6.45, 7) is 2.47. The van der Waals surface area contributed by atoms with E-state index in [-0.39, 0.29) is 15.9 Å². The molecule has 7 nitrogen and oxygen atoms in total. The van der Waals surface area contributed by atoms with Gasteiger partial charge in [0.2, 0.25) is 5.03 Å². The number of ether oxygens (including phenoxy) is 2. The molecule has 1 aromatic heterocycles. The molecule has 0 bridgehead atoms. The third-order valence-electron chi connectivity index (χ3n) is 3.58. The van der Waals surface area contributed by atoms with Crippen molar-refractivity contribution in [3.05, 3.63) is 60.0 Å². The number of anilines is 1. The number of nitrogens with one attached hydrogen (secondary N) is 1. The van der Waals surface area contributed by atoms with E-state index in [9.17, 15) is 8.42 Å². The van der Waals surface area contributed by atoms with Gasteiger partial charge in [-0.25, -0.2) is 4.98 Å². The van der Waals surface area contributed by atoms with Crippen LogP contribution < -0.4 is 14.2 Å². The van der Waals surface area contributed by atoms with Gasteiger partial charge >= 0.3 is 0 Å². The van der Waals surface area contributed by atoms with Crippen LogP contribution in [0, 0.1) is 0 Å². The van der Waals surface area contributed by atoms with E-state index < -0.39 is 10.0 Å². The van der Waals surface area contributed by atoms with Gasteiger partial charge in [0.1, 0.15) is 16.7 Å². The first-order valence-electron chi connectivity index (χ1n) is 8.10. The minimum Gasteiger partial charge on any atom is -0.494 e. The van der Waals surface area contributed by atoms with Gasteiger partial charge in [0, 0.05) is 7.05 Å². The van der Waals surface area contributed by atoms with E-state index in [2.05, 4.69) is 9.71 Å². The molecule has 0 spiro atoms. The molecule has 0 aliphatic heterocycles. The lowest BCUT2D eigenvalue weighted by molar-refractivity contribution is 0.339. The van der Waals surface area contributed by atoms with Crippen molar-refractivity contribution in [1.82, 2.24) is 9.55 Å². The monoisotopic (exact) mass is 407 g/mol. The van der Waals surface area contributed by atoms with Gasteiger partial charge in [-0.2, -0.15) is 8.42 Å². The molecule has 0 atom stereocenters. The Labute approximate surface area is 162 Å². The number of hydrogen-bond acceptors (Lipinski definition) is 5. The first kappa shape index (κ1) is 19.1. The van der Waals surface area contributed by atoms with Gasteiger partial charge in [-0.15, -0.1) is 0 Å². The Morgan fingerprint density at radius 3 is 2.41 bits per heavy atom. The lowest BCUT2D eigenvalue weighted by atomic mass is 10.3. The second-order valence-corrected chi connectivity index (χ2v) is 7.52. The van der Waals surface area contributed by atoms with Crippen LogP contribution in [-0.4, -0.2) is 24.6 Å². The van der Waals surface area contributed by atoms with Crippen molar-refractivity contribution in [1.29, 1.82) is 0 Å². The molecule has 0 unspecified atom stereocenters. The van der Waals surface area contributed by atoms with Crippen molar-refractivity contribution < 1.29 is 17.9 Å². The maximum absolute atomic E-state index is 12.6. The number of imidazole rings is 1. The molecule has 0 saturated heterocycles. The van der Waals surface area contributed by atoms with Crippen LogP contribution in [0.2, 0.25) is 5.15 Å². The zero-order valence-electron chi connectivity index (χ0n) is 14.7. The molecule has 1 heterocycles. The van der Waals surface area contributed by atoms with Crippen molar-refractivity contribution in [2.24, 2.45) is 7.05 Å². The Kier molecular flexibility index (Phi) is 5.57. The molecule has 27 heavy (non-hydrogen) atoms. The van der Waals surface area contributed by atoms with Crippen LogP contribution in [0.1, 0.15) is 6.92 Å². The van der Waals surface area contributed by atoms with Crippen LogP contribution in [0.25, 0.3) is 0 Å². The van der Waals surface area contributed by atoms with E-state index in [1.165, 1.54) is 10.9 Å². The third kappa shape index (κ3) is 4.35. The Balaban J connectivity index is 1.84. The predicted molar refractivity (Wildman–Crippen MR) is 103 cm³/mol. The SMILES string of the molecule is CCOc1ccc(Oc2ccccc2NS(=O)(=O)c2ncn(C)c2Cl)cc1. The molecular formula is C18H18ClN3O4S. The maximum Gasteiger partial charge on any atom is 0.282 e. The molecule has 3 rings (SSSR count). The predicted octanol–water partition coefficient (Wildman–Crippen LogP) is 4.07. The molecule has 1 N–H and O–H groups in total. The Hall–Kier alpha value is -2.71. The summed E-state index contributed by atoms with van der Waals surface area (Å²) in [4.78, 5) is 3.85. The summed E-state index contributed by atoms with van der Waals surface area (Å²) in [7, 11) is -2.36. The van der Waals surface area contributed by atoms with Crippen LogP contribution in [0.15, 0.2) is 59.9 Å². The number of nitrogens with zero attached hydrogens (tertiary/aromatic N) is 2. The van der Waals surface area contributed by atoms with Crippen LogP contribution in [0.4, 0.5) is 5.69 Å². The van der Waals surface area contributed by atoms with Gasteiger partial charge < -0.3 is 14.0 Å². The molecule has 0 amide bonds. The van der Waals surface area contributed by atoms with E-state index >= 15 is 0 Å². The van der Waals surface area contributed by atoms with E-state index in [1.807, 2.05) is 6.92 Å². The van der Waals surface area contributed by atoms with Crippen LogP contribution in [0.3, 0.4) is 0 Å². The third-order valence-corrected chi connectivity index (χ3v) is 5.44. The first-order chi connectivity index (χ1) is 12.9. The topological polar surface area (TPSA) is 82.4 Å². The molecular weight excluding hydrogens is 390 g/mol. The zero-order chi connectivity index (χ0) is 19.4. The van der Waals surface area contributed by atoms with Gasteiger partial charge in [0.15, 0.2) is 5.75 Å². The van der Waals surface area contributed by atoms with Gasteiger partial charge in [-0.05, 0) is 43.3 Å². The number of benzene rings is 2. The quantitative estimate of drug-likeness (QED) is 0.638. The highest BCUT2D eigenvalue weighted by Crippen LogP contribution is 2.32. The number of rotatable bonds is 7. The highest BCUT2D eigenvalue weighted by atomic mass is 35.5. The van der Waals surface area contributed by atoms with Gasteiger partial charge in [-0.3, -0.25) is 4.72 Å². The lowest BCUT2D eigenvalue weighted by Gasteiger charge is -2.13. The summed E-state index contributed by atoms with van der Waals surface area (Å²) < 4.78 is 40.3. The lowest BCUT2D eigenvalue weighted by Crippen LogP contribution is -2.14. The first-order valence-corrected chi connectivity index (χ1v) is 9.96. The number of sulfonamides is 1. The van der Waals surface area contributed by atoms with E-state index in [0.29, 0.717) is 18.1 Å². The second kappa shape index (κ2) is 7.89. The van der Waals surface area contributed by atoms with Crippen molar-refractivity contribution in [3.8, 4) is 17.2 Å². The zero-order valence-corrected chi connectivity index (χ0v) is 16.3. The van der Waals surface area contributed by atoms with Gasteiger partial charge in [0.25, 0.3) is 10.0 Å². The fourth-order valence-corrected chi connectivity index (χ4v) is 3.81. The van der Waals surface area contributed by atoms with Crippen LogP contribution in [-0.2, 0) is 17.1 Å². The smallest absolute Gasteiger partial charge is 0.282 e. The summed E-state index contributed by atoms with van der Waals surface area (Å²) in [6.07, 6.45) is 1.33. The van der Waals surface area contributed by atoms with Gasteiger partial charge in [-0.1, -0.05) is 23.7 Å². The van der Waals surface area contributed by atoms with Crippen molar-refractivity contribution in [2.45, 2.75) is 11.9 Å². The molecule has 0 aliphatic rings. The fraction of sp³-hybridized carbons (Fsp3) is 0.167. The maximum atomic E-state index is 12.6. The van der Waals surface area contributed by atoms with Crippen molar-refractivity contribution >= 4 is 27.3 Å². The number of aryl methyl sites for hydroxylation is 1. The molecule has 3 aromatic rings. The van der Waals surface area contributed by atoms with Crippen molar-refractivity contribution in [2.75, 3.05) is 11.3 Å². The van der Waals surface area contributed by atoms with Crippen LogP contribution >= 0.6 is 11.6 Å². The van der Waals surface area contributed by atoms with Crippen molar-refractivity contribution in [3.63, 3.8) is 0 Å². The summed E-state index contributed by atoms with van der Waals surface area (Å²) in [5, 5.41) is -0.227. The molecule has 0 aliphatic carbocycles. The number of para-hydroxylation sites is 2. The number of hydrogen-bond donors (Lipinski definition) is 1. The van der Waals surface area contributed by atoms with E-state index in [1.54, 1.807) is 55.6 Å². The molecule has 142 valence electrons. The highest BCUT2D eigenvalue weighted by molar-refractivity contribution is 7.92. The summed E-state index contributed by atoms with van der Waals surface area (Å²) >= 11 is 6.01. The molecule has 2 aromatic carbocycles. The highest BCUT2D eigenvalue weighted by Gasteiger charge is 2.23. The summed E-state index contributed by atoms with van der Waals surface area (Å²) in [5.41, 5.74) is 0.271. The Morgan fingerprint density at radius 2 is 1.78 bits per heavy atom. The summed E-state index contributed by atoms with van der Waals surface area (Å²) in [6, 6.07) is 13.7. The number of aromatic nitrogens is 2. The Bertz CT molecular complexity index is 1030. The fourth-order valence-electron chi connectivity index (χ4n) is 2.30. The summed E-state index contributed by atoms with van der Waals surface area (Å²) in [5.74, 6) is 1.61. The minimum atomic E-state index is -3.97. The standard InChI is InChI=1S/C18H18ClN3O4S/c1-3-25-13-8-10-14(11-9-13)26-16-7-5-4-6-15(16)21-27(23,24)18-17(19)22(2)12-20-18/h4-12,21H,3H2,1-2H3. The molecule has 0 fully saturated rings. The van der Waals surface area contributed by atoms with E-state index in [4.69, 9.17) is 21.1 Å². The average molecular weight is 408 g/mol. The molecule has 9 heteroatoms. The molecule has 0 saturated carbocycles. The van der Waals surface area contributed by atoms with E-state index in [0.717, 1.165) is 5.75 Å².